The molecule has 1 saturated heterocycles. The standard InChI is InChI=1S/C15H17BO2/c1-15(2,3)14-17-16(18-14)13-10-6-8-11-7-4-5-9-12(11)13/h4-10,14H,1-3H3. The molecule has 1 aliphatic heterocycles. The van der Waals surface area contributed by atoms with E-state index < -0.39 is 0 Å². The van der Waals surface area contributed by atoms with Gasteiger partial charge in [-0.25, -0.2) is 0 Å². The molecule has 1 aliphatic rings. The summed E-state index contributed by atoms with van der Waals surface area (Å²) in [5.41, 5.74) is 1.15. The molecule has 0 radical (unpaired) electrons. The molecule has 3 heteroatoms. The lowest BCUT2D eigenvalue weighted by atomic mass is 9.72. The highest BCUT2D eigenvalue weighted by molar-refractivity contribution is 6.65. The first-order valence-corrected chi connectivity index (χ1v) is 6.34. The summed E-state index contributed by atoms with van der Waals surface area (Å²) in [6.07, 6.45) is -0.110. The molecule has 1 fully saturated rings. The maximum Gasteiger partial charge on any atom is 0.498 e. The van der Waals surface area contributed by atoms with Gasteiger partial charge in [-0.05, 0) is 16.2 Å². The second-order valence-corrected chi connectivity index (χ2v) is 5.87. The molecule has 0 aliphatic carbocycles. The minimum absolute atomic E-state index is 0.0289. The fraction of sp³-hybridized carbons (Fsp3) is 0.333. The molecule has 0 amide bonds. The highest BCUT2D eigenvalue weighted by Crippen LogP contribution is 2.31. The van der Waals surface area contributed by atoms with Crippen molar-refractivity contribution in [3.63, 3.8) is 0 Å². The van der Waals surface area contributed by atoms with Gasteiger partial charge in [-0.1, -0.05) is 63.2 Å². The topological polar surface area (TPSA) is 18.5 Å². The Morgan fingerprint density at radius 1 is 0.944 bits per heavy atom. The largest absolute Gasteiger partial charge is 0.498 e. The van der Waals surface area contributed by atoms with Crippen molar-refractivity contribution in [1.29, 1.82) is 0 Å². The molecule has 18 heavy (non-hydrogen) atoms. The SMILES string of the molecule is CC(C)(C)C1OB(c2cccc3ccccc23)O1. The Kier molecular flexibility index (Phi) is 2.69. The summed E-state index contributed by atoms with van der Waals surface area (Å²) in [6.45, 7) is 6.37. The van der Waals surface area contributed by atoms with E-state index in [9.17, 15) is 0 Å². The van der Waals surface area contributed by atoms with E-state index in [0.29, 0.717) is 0 Å². The van der Waals surface area contributed by atoms with Gasteiger partial charge in [0.05, 0.1) is 0 Å². The zero-order valence-electron chi connectivity index (χ0n) is 11.0. The molecule has 0 aromatic heterocycles. The predicted molar refractivity (Wildman–Crippen MR) is 74.7 cm³/mol. The van der Waals surface area contributed by atoms with Gasteiger partial charge in [-0.3, -0.25) is 0 Å². The van der Waals surface area contributed by atoms with Crippen LogP contribution in [0.15, 0.2) is 42.5 Å². The molecule has 0 unspecified atom stereocenters. The number of benzene rings is 2. The average Bonchev–Trinajstić information content (AvgIpc) is 2.25. The predicted octanol–water partition coefficient (Wildman–Crippen LogP) is 2.95. The maximum atomic E-state index is 5.88. The number of hydrogen-bond donors (Lipinski definition) is 0. The lowest BCUT2D eigenvalue weighted by Crippen LogP contribution is -2.57. The lowest BCUT2D eigenvalue weighted by Gasteiger charge is -2.42. The van der Waals surface area contributed by atoms with E-state index in [1.807, 2.05) is 12.1 Å². The maximum absolute atomic E-state index is 5.88. The van der Waals surface area contributed by atoms with Crippen molar-refractivity contribution < 1.29 is 9.31 Å². The average molecular weight is 240 g/mol. The van der Waals surface area contributed by atoms with Gasteiger partial charge in [0.2, 0.25) is 0 Å². The summed E-state index contributed by atoms with van der Waals surface area (Å²) in [4.78, 5) is 0. The van der Waals surface area contributed by atoms with Crippen LogP contribution in [0.5, 0.6) is 0 Å². The Morgan fingerprint density at radius 3 is 2.33 bits per heavy atom. The third-order valence-electron chi connectivity index (χ3n) is 3.28. The minimum atomic E-state index is -0.222. The van der Waals surface area contributed by atoms with E-state index in [2.05, 4.69) is 51.1 Å². The van der Waals surface area contributed by atoms with Crippen molar-refractivity contribution in [3.05, 3.63) is 42.5 Å². The van der Waals surface area contributed by atoms with Crippen molar-refractivity contribution in [2.75, 3.05) is 0 Å². The summed E-state index contributed by atoms with van der Waals surface area (Å²) in [5, 5.41) is 2.43. The molecule has 0 atom stereocenters. The smallest absolute Gasteiger partial charge is 0.382 e. The van der Waals surface area contributed by atoms with Gasteiger partial charge < -0.3 is 9.31 Å². The minimum Gasteiger partial charge on any atom is -0.382 e. The van der Waals surface area contributed by atoms with Crippen LogP contribution in [-0.2, 0) is 9.31 Å². The highest BCUT2D eigenvalue weighted by atomic mass is 16.8. The molecular formula is C15H17BO2. The van der Waals surface area contributed by atoms with E-state index in [0.717, 1.165) is 5.46 Å². The van der Waals surface area contributed by atoms with Gasteiger partial charge in [0, 0.05) is 5.41 Å². The second-order valence-electron chi connectivity index (χ2n) is 5.87. The Labute approximate surface area is 108 Å². The van der Waals surface area contributed by atoms with Gasteiger partial charge >= 0.3 is 7.12 Å². The van der Waals surface area contributed by atoms with Gasteiger partial charge in [0.1, 0.15) is 6.29 Å². The van der Waals surface area contributed by atoms with Gasteiger partial charge in [0.15, 0.2) is 0 Å². The molecule has 0 N–H and O–H groups in total. The van der Waals surface area contributed by atoms with Gasteiger partial charge in [-0.15, -0.1) is 0 Å². The third kappa shape index (κ3) is 1.94. The number of fused-ring (bicyclic) bond motifs is 1. The van der Waals surface area contributed by atoms with Crippen LogP contribution in [0.4, 0.5) is 0 Å². The molecule has 1 heterocycles. The monoisotopic (exact) mass is 240 g/mol. The first-order chi connectivity index (χ1) is 8.55. The van der Waals surface area contributed by atoms with Crippen molar-refractivity contribution in [1.82, 2.24) is 0 Å². The first kappa shape index (κ1) is 11.8. The fourth-order valence-corrected chi connectivity index (χ4v) is 2.25. The third-order valence-corrected chi connectivity index (χ3v) is 3.28. The van der Waals surface area contributed by atoms with Crippen LogP contribution in [0, 0.1) is 5.41 Å². The fourth-order valence-electron chi connectivity index (χ4n) is 2.25. The molecule has 92 valence electrons. The number of rotatable bonds is 1. The van der Waals surface area contributed by atoms with Gasteiger partial charge in [0.25, 0.3) is 0 Å². The second kappa shape index (κ2) is 4.11. The zero-order valence-corrected chi connectivity index (χ0v) is 11.0. The van der Waals surface area contributed by atoms with Crippen LogP contribution in [0.2, 0.25) is 0 Å². The molecule has 2 aromatic rings. The number of hydrogen-bond acceptors (Lipinski definition) is 2. The van der Waals surface area contributed by atoms with Crippen molar-refractivity contribution in [3.8, 4) is 0 Å². The van der Waals surface area contributed by atoms with Crippen LogP contribution in [0.1, 0.15) is 20.8 Å². The Morgan fingerprint density at radius 2 is 1.61 bits per heavy atom. The zero-order chi connectivity index (χ0) is 12.8. The molecule has 0 bridgehead atoms. The summed E-state index contributed by atoms with van der Waals surface area (Å²) < 4.78 is 11.8. The summed E-state index contributed by atoms with van der Waals surface area (Å²) >= 11 is 0. The van der Waals surface area contributed by atoms with Crippen molar-refractivity contribution in [2.45, 2.75) is 27.1 Å². The van der Waals surface area contributed by atoms with E-state index in [-0.39, 0.29) is 18.8 Å². The molecule has 0 saturated carbocycles. The van der Waals surface area contributed by atoms with Crippen LogP contribution in [0.25, 0.3) is 10.8 Å². The molecule has 2 aromatic carbocycles. The van der Waals surface area contributed by atoms with E-state index in [1.54, 1.807) is 0 Å². The van der Waals surface area contributed by atoms with E-state index in [4.69, 9.17) is 9.31 Å². The molecule has 2 nitrogen and oxygen atoms in total. The van der Waals surface area contributed by atoms with Crippen molar-refractivity contribution in [2.24, 2.45) is 5.41 Å². The Balaban J connectivity index is 1.89. The van der Waals surface area contributed by atoms with E-state index in [1.165, 1.54) is 10.8 Å². The van der Waals surface area contributed by atoms with Crippen LogP contribution in [-0.4, -0.2) is 13.4 Å². The quantitative estimate of drug-likeness (QED) is 0.713. The Bertz CT molecular complexity index is 563. The van der Waals surface area contributed by atoms with Crippen LogP contribution < -0.4 is 5.46 Å². The van der Waals surface area contributed by atoms with Crippen LogP contribution in [0.3, 0.4) is 0 Å². The van der Waals surface area contributed by atoms with E-state index >= 15 is 0 Å². The normalized spacial score (nSPS) is 16.9. The molecule has 0 spiro atoms. The van der Waals surface area contributed by atoms with Gasteiger partial charge in [-0.2, -0.15) is 0 Å². The highest BCUT2D eigenvalue weighted by Gasteiger charge is 2.44. The first-order valence-electron chi connectivity index (χ1n) is 6.34. The van der Waals surface area contributed by atoms with Crippen molar-refractivity contribution >= 4 is 23.4 Å². The molecular weight excluding hydrogens is 223 g/mol. The van der Waals surface area contributed by atoms with Crippen LogP contribution >= 0.6 is 0 Å². The summed E-state index contributed by atoms with van der Waals surface area (Å²) in [7, 11) is -0.222. The summed E-state index contributed by atoms with van der Waals surface area (Å²) in [6, 6.07) is 14.6. The summed E-state index contributed by atoms with van der Waals surface area (Å²) in [5.74, 6) is 0. The lowest BCUT2D eigenvalue weighted by molar-refractivity contribution is -0.167. The Hall–Kier alpha value is -1.32. The molecule has 3 rings (SSSR count).